The molecule has 1 amide bonds. The van der Waals surface area contributed by atoms with Crippen molar-refractivity contribution in [1.29, 1.82) is 0 Å². The maximum absolute atomic E-state index is 12.2. The molecule has 0 bridgehead atoms. The molecule has 3 nitrogen and oxygen atoms in total. The molecule has 0 spiro atoms. The van der Waals surface area contributed by atoms with Crippen LogP contribution in [-0.2, 0) is 11.2 Å². The molecule has 1 saturated heterocycles. The quantitative estimate of drug-likeness (QED) is 0.825. The van der Waals surface area contributed by atoms with Gasteiger partial charge in [-0.15, -0.1) is 0 Å². The van der Waals surface area contributed by atoms with Crippen LogP contribution in [0, 0.1) is 0 Å². The van der Waals surface area contributed by atoms with Gasteiger partial charge in [-0.2, -0.15) is 0 Å². The van der Waals surface area contributed by atoms with Gasteiger partial charge in [-0.3, -0.25) is 9.69 Å². The lowest BCUT2D eigenvalue weighted by Gasteiger charge is -2.13. The summed E-state index contributed by atoms with van der Waals surface area (Å²) in [5.41, 5.74) is 1.16. The van der Waals surface area contributed by atoms with Gasteiger partial charge in [-0.1, -0.05) is 43.7 Å². The second kappa shape index (κ2) is 5.96. The lowest BCUT2D eigenvalue weighted by molar-refractivity contribution is -0.127. The minimum atomic E-state index is -0.197. The van der Waals surface area contributed by atoms with E-state index in [1.54, 1.807) is 4.90 Å². The highest BCUT2D eigenvalue weighted by Gasteiger charge is 2.34. The van der Waals surface area contributed by atoms with Crippen molar-refractivity contribution in [3.05, 3.63) is 35.9 Å². The average molecular weight is 262 g/mol. The number of unbranched alkanes of at least 4 members (excludes halogenated alkanes) is 1. The van der Waals surface area contributed by atoms with Gasteiger partial charge in [0.1, 0.15) is 6.04 Å². The van der Waals surface area contributed by atoms with Gasteiger partial charge in [0.05, 0.1) is 0 Å². The largest absolute Gasteiger partial charge is 0.350 e. The Morgan fingerprint density at radius 3 is 2.72 bits per heavy atom. The summed E-state index contributed by atoms with van der Waals surface area (Å²) in [7, 11) is 0. The van der Waals surface area contributed by atoms with E-state index in [1.165, 1.54) is 0 Å². The maximum Gasteiger partial charge on any atom is 0.251 e. The zero-order chi connectivity index (χ0) is 13.0. The van der Waals surface area contributed by atoms with Crippen LogP contribution in [0.5, 0.6) is 0 Å². The zero-order valence-electron chi connectivity index (χ0n) is 10.6. The lowest BCUT2D eigenvalue weighted by atomic mass is 10.1. The van der Waals surface area contributed by atoms with Gasteiger partial charge < -0.3 is 5.32 Å². The number of nitrogens with zero attached hydrogens (tertiary/aromatic N) is 1. The number of amides is 1. The van der Waals surface area contributed by atoms with E-state index in [2.05, 4.69) is 12.2 Å². The molecule has 18 heavy (non-hydrogen) atoms. The van der Waals surface area contributed by atoms with Crippen molar-refractivity contribution >= 4 is 23.2 Å². The predicted octanol–water partition coefficient (Wildman–Crippen LogP) is 2.11. The van der Waals surface area contributed by atoms with Crippen molar-refractivity contribution in [1.82, 2.24) is 10.2 Å². The SMILES string of the molecule is CCCCN1C(=O)[C@H](Cc2ccccc2)NC1=S. The van der Waals surface area contributed by atoms with Crippen molar-refractivity contribution < 1.29 is 4.79 Å². The van der Waals surface area contributed by atoms with E-state index in [0.29, 0.717) is 11.5 Å². The molecule has 1 heterocycles. The Hall–Kier alpha value is -1.42. The summed E-state index contributed by atoms with van der Waals surface area (Å²) in [4.78, 5) is 13.9. The minimum Gasteiger partial charge on any atom is -0.350 e. The molecule has 0 aromatic heterocycles. The highest BCUT2D eigenvalue weighted by Crippen LogP contribution is 2.13. The second-order valence-electron chi connectivity index (χ2n) is 4.54. The fourth-order valence-corrected chi connectivity index (χ4v) is 2.42. The van der Waals surface area contributed by atoms with Crippen LogP contribution >= 0.6 is 12.2 Å². The summed E-state index contributed by atoms with van der Waals surface area (Å²) >= 11 is 5.22. The van der Waals surface area contributed by atoms with E-state index in [1.807, 2.05) is 30.3 Å². The highest BCUT2D eigenvalue weighted by atomic mass is 32.1. The van der Waals surface area contributed by atoms with Crippen LogP contribution in [0.4, 0.5) is 0 Å². The van der Waals surface area contributed by atoms with E-state index >= 15 is 0 Å². The van der Waals surface area contributed by atoms with Crippen LogP contribution in [0.15, 0.2) is 30.3 Å². The summed E-state index contributed by atoms with van der Waals surface area (Å²) in [5.74, 6) is 0.109. The number of carbonyl (C=O) groups is 1. The molecule has 1 N–H and O–H groups in total. The maximum atomic E-state index is 12.2. The summed E-state index contributed by atoms with van der Waals surface area (Å²) < 4.78 is 0. The van der Waals surface area contributed by atoms with E-state index in [-0.39, 0.29) is 11.9 Å². The highest BCUT2D eigenvalue weighted by molar-refractivity contribution is 7.80. The first-order chi connectivity index (χ1) is 8.72. The van der Waals surface area contributed by atoms with Crippen LogP contribution < -0.4 is 5.32 Å². The van der Waals surface area contributed by atoms with Gasteiger partial charge in [-0.05, 0) is 24.2 Å². The van der Waals surface area contributed by atoms with Crippen molar-refractivity contribution in [2.75, 3.05) is 6.54 Å². The van der Waals surface area contributed by atoms with Crippen LogP contribution in [0.25, 0.3) is 0 Å². The predicted molar refractivity (Wildman–Crippen MR) is 76.3 cm³/mol. The van der Waals surface area contributed by atoms with Crippen molar-refractivity contribution in [2.24, 2.45) is 0 Å². The number of carbonyl (C=O) groups excluding carboxylic acids is 1. The van der Waals surface area contributed by atoms with Crippen LogP contribution in [0.3, 0.4) is 0 Å². The molecule has 0 radical (unpaired) electrons. The minimum absolute atomic E-state index is 0.109. The molecule has 1 aliphatic rings. The Morgan fingerprint density at radius 1 is 1.33 bits per heavy atom. The van der Waals surface area contributed by atoms with Gasteiger partial charge in [0.15, 0.2) is 5.11 Å². The summed E-state index contributed by atoms with van der Waals surface area (Å²) in [6.45, 7) is 2.84. The van der Waals surface area contributed by atoms with Gasteiger partial charge in [0.2, 0.25) is 0 Å². The number of benzene rings is 1. The second-order valence-corrected chi connectivity index (χ2v) is 4.92. The molecule has 1 aromatic rings. The van der Waals surface area contributed by atoms with Crippen molar-refractivity contribution in [2.45, 2.75) is 32.2 Å². The fraction of sp³-hybridized carbons (Fsp3) is 0.429. The molecule has 1 aromatic carbocycles. The topological polar surface area (TPSA) is 32.3 Å². The Balaban J connectivity index is 1.99. The van der Waals surface area contributed by atoms with E-state index in [0.717, 1.165) is 24.9 Å². The van der Waals surface area contributed by atoms with Crippen molar-refractivity contribution in [3.8, 4) is 0 Å². The number of hydrogen-bond acceptors (Lipinski definition) is 2. The average Bonchev–Trinajstić information content (AvgIpc) is 2.64. The van der Waals surface area contributed by atoms with E-state index in [4.69, 9.17) is 12.2 Å². The summed E-state index contributed by atoms with van der Waals surface area (Å²) in [6, 6.07) is 9.83. The third kappa shape index (κ3) is 2.88. The van der Waals surface area contributed by atoms with Crippen LogP contribution in [-0.4, -0.2) is 28.5 Å². The smallest absolute Gasteiger partial charge is 0.251 e. The van der Waals surface area contributed by atoms with Gasteiger partial charge >= 0.3 is 0 Å². The monoisotopic (exact) mass is 262 g/mol. The van der Waals surface area contributed by atoms with Crippen molar-refractivity contribution in [3.63, 3.8) is 0 Å². The molecule has 1 fully saturated rings. The molecule has 1 aliphatic heterocycles. The molecule has 96 valence electrons. The standard InChI is InChI=1S/C14H18N2OS/c1-2-3-9-16-13(17)12(15-14(16)18)10-11-7-5-4-6-8-11/h4-8,12H,2-3,9-10H2,1H3,(H,15,18)/t12-/m0/s1. The van der Waals surface area contributed by atoms with E-state index in [9.17, 15) is 4.79 Å². The number of nitrogens with one attached hydrogen (secondary N) is 1. The first kappa shape index (κ1) is 13.0. The Morgan fingerprint density at radius 2 is 2.06 bits per heavy atom. The van der Waals surface area contributed by atoms with E-state index < -0.39 is 0 Å². The Bertz CT molecular complexity index is 433. The molecule has 1 atom stereocenters. The Labute approximate surface area is 113 Å². The van der Waals surface area contributed by atoms with Gasteiger partial charge in [-0.25, -0.2) is 0 Å². The molecular formula is C14H18N2OS. The molecule has 0 aliphatic carbocycles. The number of rotatable bonds is 5. The fourth-order valence-electron chi connectivity index (χ4n) is 2.09. The summed E-state index contributed by atoms with van der Waals surface area (Å²) in [5, 5.41) is 3.70. The molecule has 4 heteroatoms. The van der Waals surface area contributed by atoms with Gasteiger partial charge in [0.25, 0.3) is 5.91 Å². The third-order valence-electron chi connectivity index (χ3n) is 3.12. The zero-order valence-corrected chi connectivity index (χ0v) is 11.4. The van der Waals surface area contributed by atoms with Crippen LogP contribution in [0.1, 0.15) is 25.3 Å². The Kier molecular flexibility index (Phi) is 4.31. The number of hydrogen-bond donors (Lipinski definition) is 1. The molecular weight excluding hydrogens is 244 g/mol. The van der Waals surface area contributed by atoms with Crippen LogP contribution in [0.2, 0.25) is 0 Å². The molecule has 0 saturated carbocycles. The third-order valence-corrected chi connectivity index (χ3v) is 3.46. The first-order valence-corrected chi connectivity index (χ1v) is 6.79. The lowest BCUT2D eigenvalue weighted by Crippen LogP contribution is -2.33. The number of thiocarbonyl (C=S) groups is 1. The summed E-state index contributed by atoms with van der Waals surface area (Å²) in [6.07, 6.45) is 2.75. The molecule has 2 rings (SSSR count). The first-order valence-electron chi connectivity index (χ1n) is 6.38. The van der Waals surface area contributed by atoms with Gasteiger partial charge in [0, 0.05) is 13.0 Å². The molecule has 0 unspecified atom stereocenters. The normalized spacial score (nSPS) is 19.2.